The second-order valence-corrected chi connectivity index (χ2v) is 9.23. The first kappa shape index (κ1) is 27.0. The third-order valence-electron chi connectivity index (χ3n) is 6.23. The van der Waals surface area contributed by atoms with Crippen molar-refractivity contribution in [1.82, 2.24) is 10.3 Å². The molecular formula is C23H23ClN4O10. The highest BCUT2D eigenvalue weighted by molar-refractivity contribution is 6.30. The molecule has 2 aliphatic rings. The van der Waals surface area contributed by atoms with E-state index in [0.29, 0.717) is 16.3 Å². The van der Waals surface area contributed by atoms with Crippen LogP contribution in [0, 0.1) is 27.2 Å². The van der Waals surface area contributed by atoms with Crippen LogP contribution in [0.25, 0.3) is 0 Å². The molecule has 1 amide bonds. The minimum absolute atomic E-state index is 0.0640. The van der Waals surface area contributed by atoms with E-state index in [1.807, 2.05) is 12.1 Å². The topological polar surface area (TPSA) is 182 Å². The van der Waals surface area contributed by atoms with Crippen LogP contribution >= 0.6 is 11.6 Å². The number of esters is 1. The summed E-state index contributed by atoms with van der Waals surface area (Å²) in [6.45, 7) is 1.90. The van der Waals surface area contributed by atoms with Gasteiger partial charge in [0.2, 0.25) is 5.91 Å². The largest absolute Gasteiger partial charge is 0.424 e. The van der Waals surface area contributed by atoms with Crippen molar-refractivity contribution in [1.29, 1.82) is 0 Å². The van der Waals surface area contributed by atoms with Gasteiger partial charge >= 0.3 is 5.97 Å². The number of amides is 1. The number of pyridine rings is 1. The van der Waals surface area contributed by atoms with E-state index in [0.717, 1.165) is 11.1 Å². The number of hydrogen-bond donors (Lipinski definition) is 1. The van der Waals surface area contributed by atoms with Gasteiger partial charge in [-0.1, -0.05) is 23.7 Å². The SMILES string of the molecule is Cc1ncc2c(c1OC(=O)CCC(=O)N[C@@H]1C[C@H](O[N+](=O)[O-])[C@H](O[N+](=O)[O-])C1)COC2c1ccc(Cl)cc1. The lowest BCUT2D eigenvalue weighted by Crippen LogP contribution is -2.34. The number of hydrogen-bond acceptors (Lipinski definition) is 11. The summed E-state index contributed by atoms with van der Waals surface area (Å²) in [5.41, 5.74) is 2.81. The maximum Gasteiger partial charge on any atom is 0.311 e. The summed E-state index contributed by atoms with van der Waals surface area (Å²) >= 11 is 5.97. The predicted molar refractivity (Wildman–Crippen MR) is 127 cm³/mol. The fourth-order valence-electron chi connectivity index (χ4n) is 4.53. The molecule has 1 aliphatic heterocycles. The van der Waals surface area contributed by atoms with Crippen molar-refractivity contribution in [3.8, 4) is 5.75 Å². The lowest BCUT2D eigenvalue weighted by atomic mass is 10.0. The van der Waals surface area contributed by atoms with Crippen LogP contribution < -0.4 is 10.1 Å². The average molecular weight is 551 g/mol. The summed E-state index contributed by atoms with van der Waals surface area (Å²) in [6.07, 6.45) is -1.75. The van der Waals surface area contributed by atoms with Gasteiger partial charge in [-0.3, -0.25) is 14.6 Å². The summed E-state index contributed by atoms with van der Waals surface area (Å²) in [4.78, 5) is 59.4. The van der Waals surface area contributed by atoms with Gasteiger partial charge in [0.25, 0.3) is 10.2 Å². The van der Waals surface area contributed by atoms with Gasteiger partial charge in [-0.15, -0.1) is 20.2 Å². The minimum Gasteiger partial charge on any atom is -0.424 e. The van der Waals surface area contributed by atoms with E-state index in [4.69, 9.17) is 21.1 Å². The fraction of sp³-hybridized carbons (Fsp3) is 0.435. The highest BCUT2D eigenvalue weighted by Crippen LogP contribution is 2.41. The van der Waals surface area contributed by atoms with Gasteiger partial charge in [0.1, 0.15) is 18.3 Å². The van der Waals surface area contributed by atoms with Gasteiger partial charge in [-0.25, -0.2) is 0 Å². The Bertz CT molecular complexity index is 1220. The van der Waals surface area contributed by atoms with Gasteiger partial charge in [0.15, 0.2) is 5.75 Å². The van der Waals surface area contributed by atoms with Crippen LogP contribution in [0.5, 0.6) is 5.75 Å². The van der Waals surface area contributed by atoms with Crippen LogP contribution in [0.2, 0.25) is 5.02 Å². The lowest BCUT2D eigenvalue weighted by molar-refractivity contribution is -0.797. The summed E-state index contributed by atoms with van der Waals surface area (Å²) < 4.78 is 11.5. The third kappa shape index (κ3) is 6.44. The molecule has 0 saturated heterocycles. The molecule has 202 valence electrons. The summed E-state index contributed by atoms with van der Waals surface area (Å²) in [5.74, 6) is -0.920. The number of ether oxygens (including phenoxy) is 2. The van der Waals surface area contributed by atoms with E-state index in [9.17, 15) is 29.8 Å². The monoisotopic (exact) mass is 550 g/mol. The molecule has 14 nitrogen and oxygen atoms in total. The van der Waals surface area contributed by atoms with Crippen molar-refractivity contribution < 1.29 is 38.9 Å². The molecule has 1 N–H and O–H groups in total. The Kier molecular flexibility index (Phi) is 8.22. The molecular weight excluding hydrogens is 528 g/mol. The zero-order valence-electron chi connectivity index (χ0n) is 20.0. The Hall–Kier alpha value is -4.04. The molecule has 15 heteroatoms. The van der Waals surface area contributed by atoms with Gasteiger partial charge in [0, 0.05) is 34.8 Å². The first-order valence-corrected chi connectivity index (χ1v) is 12.0. The molecule has 0 radical (unpaired) electrons. The number of fused-ring (bicyclic) bond motifs is 1. The summed E-state index contributed by atoms with van der Waals surface area (Å²) in [6, 6.07) is 6.52. The molecule has 1 unspecified atom stereocenters. The fourth-order valence-corrected chi connectivity index (χ4v) is 4.66. The molecule has 1 fully saturated rings. The van der Waals surface area contributed by atoms with Crippen LogP contribution in [0.1, 0.15) is 54.2 Å². The number of nitrogens with one attached hydrogen (secondary N) is 1. The number of nitrogens with zero attached hydrogens (tertiary/aromatic N) is 3. The van der Waals surface area contributed by atoms with Gasteiger partial charge in [-0.2, -0.15) is 0 Å². The molecule has 1 aromatic carbocycles. The molecule has 2 aromatic rings. The van der Waals surface area contributed by atoms with E-state index in [2.05, 4.69) is 20.0 Å². The number of halogens is 1. The van der Waals surface area contributed by atoms with Gasteiger partial charge in [0.05, 0.1) is 18.7 Å². The predicted octanol–water partition coefficient (Wildman–Crippen LogP) is 2.78. The Labute approximate surface area is 220 Å². The highest BCUT2D eigenvalue weighted by Gasteiger charge is 2.40. The van der Waals surface area contributed by atoms with Crippen molar-refractivity contribution in [3.63, 3.8) is 0 Å². The number of aromatic nitrogens is 1. The van der Waals surface area contributed by atoms with Crippen molar-refractivity contribution in [3.05, 3.63) is 78.1 Å². The Morgan fingerprint density at radius 2 is 1.74 bits per heavy atom. The van der Waals surface area contributed by atoms with Crippen molar-refractivity contribution >= 4 is 23.5 Å². The Balaban J connectivity index is 1.33. The van der Waals surface area contributed by atoms with Crippen molar-refractivity contribution in [2.45, 2.75) is 63.6 Å². The molecule has 1 aliphatic carbocycles. The van der Waals surface area contributed by atoms with Crippen molar-refractivity contribution in [2.24, 2.45) is 0 Å². The number of aryl methyl sites for hydroxylation is 1. The quantitative estimate of drug-likeness (QED) is 0.261. The van der Waals surface area contributed by atoms with E-state index in [-0.39, 0.29) is 38.0 Å². The molecule has 1 aromatic heterocycles. The van der Waals surface area contributed by atoms with E-state index in [1.165, 1.54) is 0 Å². The Morgan fingerprint density at radius 3 is 2.34 bits per heavy atom. The second-order valence-electron chi connectivity index (χ2n) is 8.79. The summed E-state index contributed by atoms with van der Waals surface area (Å²) in [7, 11) is 0. The number of benzene rings is 1. The number of carbonyl (C=O) groups is 2. The first-order valence-electron chi connectivity index (χ1n) is 11.6. The van der Waals surface area contributed by atoms with E-state index < -0.39 is 46.4 Å². The second kappa shape index (κ2) is 11.6. The minimum atomic E-state index is -1.21. The average Bonchev–Trinajstić information content (AvgIpc) is 3.43. The number of rotatable bonds is 10. The first-order chi connectivity index (χ1) is 18.1. The van der Waals surface area contributed by atoms with Crippen LogP contribution in [-0.2, 0) is 30.6 Å². The molecule has 38 heavy (non-hydrogen) atoms. The zero-order valence-corrected chi connectivity index (χ0v) is 20.8. The number of carbonyl (C=O) groups excluding carboxylic acids is 2. The molecule has 2 heterocycles. The molecule has 4 atom stereocenters. The molecule has 4 rings (SSSR count). The Morgan fingerprint density at radius 1 is 1.11 bits per heavy atom. The zero-order chi connectivity index (χ0) is 27.4. The molecule has 1 saturated carbocycles. The standard InChI is InChI=1S/C23H23ClN4O10/c1-12-22(17-11-35-23(16(17)10-25-12)13-2-4-14(24)5-3-13)36-21(30)7-6-20(29)26-15-8-18(37-27(31)32)19(9-15)38-28(33)34/h2-5,10,15,18-19,23H,6-9,11H2,1H3,(H,26,29)/t15-,18+,19-,23?. The van der Waals surface area contributed by atoms with Crippen LogP contribution in [0.4, 0.5) is 0 Å². The van der Waals surface area contributed by atoms with Crippen LogP contribution in [0.3, 0.4) is 0 Å². The highest BCUT2D eigenvalue weighted by atomic mass is 35.5. The van der Waals surface area contributed by atoms with Crippen LogP contribution in [-0.4, -0.2) is 45.3 Å². The molecule has 0 bridgehead atoms. The third-order valence-corrected chi connectivity index (χ3v) is 6.48. The van der Waals surface area contributed by atoms with Crippen LogP contribution in [0.15, 0.2) is 30.5 Å². The molecule has 0 spiro atoms. The van der Waals surface area contributed by atoms with Gasteiger partial charge in [-0.05, 0) is 37.5 Å². The van der Waals surface area contributed by atoms with E-state index in [1.54, 1.807) is 25.3 Å². The van der Waals surface area contributed by atoms with E-state index >= 15 is 0 Å². The maximum atomic E-state index is 12.6. The van der Waals surface area contributed by atoms with Gasteiger partial charge < -0.3 is 24.5 Å². The maximum absolute atomic E-state index is 12.6. The lowest BCUT2D eigenvalue weighted by Gasteiger charge is -2.14. The normalized spacial score (nSPS) is 21.8. The van der Waals surface area contributed by atoms with Crippen molar-refractivity contribution in [2.75, 3.05) is 0 Å². The smallest absolute Gasteiger partial charge is 0.311 e. The summed E-state index contributed by atoms with van der Waals surface area (Å²) in [5, 5.41) is 22.3.